The molecule has 0 aliphatic carbocycles. The van der Waals surface area contributed by atoms with Crippen molar-refractivity contribution in [2.75, 3.05) is 39.4 Å². The lowest BCUT2D eigenvalue weighted by Crippen LogP contribution is -2.62. The number of hydrogen-bond donors (Lipinski definition) is 1. The molecule has 1 aromatic heterocycles. The van der Waals surface area contributed by atoms with E-state index in [0.29, 0.717) is 6.04 Å². The predicted molar refractivity (Wildman–Crippen MR) is 78.4 cm³/mol. The molecule has 0 amide bonds. The first-order valence-corrected chi connectivity index (χ1v) is 8.17. The Bertz CT molecular complexity index is 413. The first-order valence-electron chi connectivity index (χ1n) is 6.49. The van der Waals surface area contributed by atoms with Crippen molar-refractivity contribution < 1.29 is 4.74 Å². The van der Waals surface area contributed by atoms with Crippen molar-refractivity contribution in [3.05, 3.63) is 20.8 Å². The number of nitrogens with one attached hydrogen (secondary N) is 1. The van der Waals surface area contributed by atoms with Crippen LogP contribution in [0.25, 0.3) is 0 Å². The van der Waals surface area contributed by atoms with E-state index in [4.69, 9.17) is 4.74 Å². The van der Waals surface area contributed by atoms with E-state index in [-0.39, 0.29) is 5.41 Å². The van der Waals surface area contributed by atoms with Crippen LogP contribution in [0.2, 0.25) is 0 Å². The molecule has 3 rings (SSSR count). The van der Waals surface area contributed by atoms with E-state index in [2.05, 4.69) is 44.5 Å². The lowest BCUT2D eigenvalue weighted by molar-refractivity contribution is -0.0985. The van der Waals surface area contributed by atoms with Gasteiger partial charge in [0.25, 0.3) is 0 Å². The maximum Gasteiger partial charge on any atom is 0.0666 e. The first-order chi connectivity index (χ1) is 8.72. The Balaban J connectivity index is 1.82. The molecule has 2 aliphatic rings. The quantitative estimate of drug-likeness (QED) is 0.918. The Hall–Kier alpha value is 0.0600. The summed E-state index contributed by atoms with van der Waals surface area (Å²) in [6.45, 7) is 8.60. The van der Waals surface area contributed by atoms with Gasteiger partial charge in [0.15, 0.2) is 0 Å². The minimum absolute atomic E-state index is 0.216. The van der Waals surface area contributed by atoms with Gasteiger partial charge in [0.05, 0.1) is 18.6 Å². The van der Waals surface area contributed by atoms with Gasteiger partial charge in [0, 0.05) is 47.0 Å². The van der Waals surface area contributed by atoms with E-state index in [1.54, 1.807) is 0 Å². The summed E-state index contributed by atoms with van der Waals surface area (Å²) in [5.74, 6) is 0. The molecule has 1 atom stereocenters. The topological polar surface area (TPSA) is 24.5 Å². The normalized spacial score (nSPS) is 25.7. The van der Waals surface area contributed by atoms with Crippen LogP contribution >= 0.6 is 27.3 Å². The van der Waals surface area contributed by atoms with E-state index >= 15 is 0 Å². The molecule has 1 aromatic rings. The van der Waals surface area contributed by atoms with E-state index in [0.717, 1.165) is 39.4 Å². The van der Waals surface area contributed by atoms with Gasteiger partial charge in [0.1, 0.15) is 0 Å². The zero-order valence-electron chi connectivity index (χ0n) is 10.6. The number of rotatable bonds is 3. The largest absolute Gasteiger partial charge is 0.379 e. The third-order valence-electron chi connectivity index (χ3n) is 4.28. The molecule has 2 aliphatic heterocycles. The molecule has 3 nitrogen and oxygen atoms in total. The lowest BCUT2D eigenvalue weighted by atomic mass is 9.76. The predicted octanol–water partition coefficient (Wildman–Crippen LogP) is 2.07. The van der Waals surface area contributed by atoms with Crippen molar-refractivity contribution in [1.82, 2.24) is 10.2 Å². The molecule has 1 N–H and O–H groups in total. The van der Waals surface area contributed by atoms with Gasteiger partial charge in [-0.2, -0.15) is 0 Å². The Morgan fingerprint density at radius 3 is 2.67 bits per heavy atom. The highest BCUT2D eigenvalue weighted by Crippen LogP contribution is 2.42. The van der Waals surface area contributed by atoms with Crippen molar-refractivity contribution in [3.8, 4) is 0 Å². The van der Waals surface area contributed by atoms with Crippen molar-refractivity contribution >= 4 is 27.3 Å². The molecule has 0 aromatic carbocycles. The number of halogens is 1. The second-order valence-corrected chi connectivity index (χ2v) is 7.07. The zero-order chi connectivity index (χ0) is 12.6. The molecule has 0 saturated carbocycles. The van der Waals surface area contributed by atoms with Gasteiger partial charge in [0.2, 0.25) is 0 Å². The molecule has 2 fully saturated rings. The lowest BCUT2D eigenvalue weighted by Gasteiger charge is -2.50. The Morgan fingerprint density at radius 2 is 2.17 bits per heavy atom. The van der Waals surface area contributed by atoms with Gasteiger partial charge in [-0.15, -0.1) is 11.3 Å². The summed E-state index contributed by atoms with van der Waals surface area (Å²) in [6, 6.07) is 2.82. The second kappa shape index (κ2) is 5.21. The van der Waals surface area contributed by atoms with Crippen LogP contribution < -0.4 is 5.32 Å². The molecule has 0 spiro atoms. The maximum atomic E-state index is 5.56. The summed E-state index contributed by atoms with van der Waals surface area (Å²) in [5, 5.41) is 5.60. The smallest absolute Gasteiger partial charge is 0.0666 e. The first kappa shape index (κ1) is 13.1. The average molecular weight is 331 g/mol. The Labute approximate surface area is 121 Å². The molecule has 100 valence electrons. The van der Waals surface area contributed by atoms with Crippen LogP contribution in [0, 0.1) is 0 Å². The number of ether oxygens (including phenoxy) is 1. The zero-order valence-corrected chi connectivity index (χ0v) is 13.0. The van der Waals surface area contributed by atoms with E-state index in [9.17, 15) is 0 Å². The molecular weight excluding hydrogens is 312 g/mol. The molecule has 1 unspecified atom stereocenters. The summed E-state index contributed by atoms with van der Waals surface area (Å²) in [7, 11) is 0. The highest BCUT2D eigenvalue weighted by Gasteiger charge is 2.48. The molecular formula is C13H19BrN2OS. The highest BCUT2D eigenvalue weighted by atomic mass is 79.9. The third-order valence-corrected chi connectivity index (χ3v) is 6.19. The molecule has 18 heavy (non-hydrogen) atoms. The molecule has 0 radical (unpaired) electrons. The molecule has 2 saturated heterocycles. The van der Waals surface area contributed by atoms with Gasteiger partial charge in [-0.3, -0.25) is 4.90 Å². The average Bonchev–Trinajstić information content (AvgIpc) is 2.76. The van der Waals surface area contributed by atoms with E-state index in [1.807, 2.05) is 11.3 Å². The molecule has 5 heteroatoms. The number of hydrogen-bond acceptors (Lipinski definition) is 4. The summed E-state index contributed by atoms with van der Waals surface area (Å²) < 4.78 is 6.76. The van der Waals surface area contributed by atoms with Crippen LogP contribution in [0.3, 0.4) is 0 Å². The SMILES string of the molecule is CC(N1CCNCC1)C1(c2cc(Br)cs2)COC1. The van der Waals surface area contributed by atoms with Gasteiger partial charge in [-0.05, 0) is 28.9 Å². The summed E-state index contributed by atoms with van der Waals surface area (Å²) in [4.78, 5) is 4.07. The van der Waals surface area contributed by atoms with Crippen molar-refractivity contribution in [2.45, 2.75) is 18.4 Å². The standard InChI is InChI=1S/C13H19BrN2OS/c1-10(16-4-2-15-3-5-16)13(8-17-9-13)12-6-11(14)7-18-12/h6-7,10,15H,2-5,8-9H2,1H3. The van der Waals surface area contributed by atoms with Crippen molar-refractivity contribution in [1.29, 1.82) is 0 Å². The van der Waals surface area contributed by atoms with Crippen LogP contribution in [0.1, 0.15) is 11.8 Å². The van der Waals surface area contributed by atoms with Gasteiger partial charge < -0.3 is 10.1 Å². The minimum Gasteiger partial charge on any atom is -0.379 e. The van der Waals surface area contributed by atoms with Gasteiger partial charge >= 0.3 is 0 Å². The highest BCUT2D eigenvalue weighted by molar-refractivity contribution is 9.10. The fourth-order valence-electron chi connectivity index (χ4n) is 2.90. The van der Waals surface area contributed by atoms with Crippen LogP contribution in [0.4, 0.5) is 0 Å². The Morgan fingerprint density at radius 1 is 1.44 bits per heavy atom. The second-order valence-electron chi connectivity index (χ2n) is 5.24. The van der Waals surface area contributed by atoms with Crippen molar-refractivity contribution in [3.63, 3.8) is 0 Å². The minimum atomic E-state index is 0.216. The number of nitrogens with zero attached hydrogens (tertiary/aromatic N) is 1. The van der Waals surface area contributed by atoms with Crippen LogP contribution in [0.15, 0.2) is 15.9 Å². The van der Waals surface area contributed by atoms with Gasteiger partial charge in [-0.1, -0.05) is 0 Å². The Kier molecular flexibility index (Phi) is 3.78. The fourth-order valence-corrected chi connectivity index (χ4v) is 4.59. The third kappa shape index (κ3) is 2.16. The van der Waals surface area contributed by atoms with Gasteiger partial charge in [-0.25, -0.2) is 0 Å². The maximum absolute atomic E-state index is 5.56. The summed E-state index contributed by atoms with van der Waals surface area (Å²) >= 11 is 5.42. The van der Waals surface area contributed by atoms with E-state index in [1.165, 1.54) is 9.35 Å². The fraction of sp³-hybridized carbons (Fsp3) is 0.692. The number of piperazine rings is 1. The summed E-state index contributed by atoms with van der Waals surface area (Å²) in [6.07, 6.45) is 0. The summed E-state index contributed by atoms with van der Waals surface area (Å²) in [5.41, 5.74) is 0.216. The van der Waals surface area contributed by atoms with E-state index < -0.39 is 0 Å². The van der Waals surface area contributed by atoms with Crippen molar-refractivity contribution in [2.24, 2.45) is 0 Å². The molecule has 0 bridgehead atoms. The van der Waals surface area contributed by atoms with Crippen LogP contribution in [-0.4, -0.2) is 50.3 Å². The molecule has 3 heterocycles. The van der Waals surface area contributed by atoms with Crippen LogP contribution in [0.5, 0.6) is 0 Å². The number of thiophene rings is 1. The van der Waals surface area contributed by atoms with Crippen LogP contribution in [-0.2, 0) is 10.2 Å². The monoisotopic (exact) mass is 330 g/mol.